The third-order valence-electron chi connectivity index (χ3n) is 3.59. The average Bonchev–Trinajstić information content (AvgIpc) is 2.40. The zero-order valence-electron chi connectivity index (χ0n) is 12.6. The summed E-state index contributed by atoms with van der Waals surface area (Å²) in [5.74, 6) is -0.113. The summed E-state index contributed by atoms with van der Waals surface area (Å²) in [6.45, 7) is 6.15. The average molecular weight is 294 g/mol. The Morgan fingerprint density at radius 2 is 2.10 bits per heavy atom. The van der Waals surface area contributed by atoms with Crippen LogP contribution in [-0.2, 0) is 9.53 Å². The molecule has 1 saturated heterocycles. The number of aliphatic carboxylic acids is 1. The Labute approximate surface area is 124 Å². The summed E-state index contributed by atoms with van der Waals surface area (Å²) in [4.78, 5) is 11.0. The summed E-state index contributed by atoms with van der Waals surface area (Å²) < 4.78 is 11.2. The third-order valence-corrected chi connectivity index (χ3v) is 3.59. The van der Waals surface area contributed by atoms with Crippen LogP contribution in [0, 0.1) is 6.92 Å². The van der Waals surface area contributed by atoms with Gasteiger partial charge in [-0.05, 0) is 24.5 Å². The molecule has 0 amide bonds. The topological polar surface area (TPSA) is 76.0 Å². The Morgan fingerprint density at radius 3 is 2.71 bits per heavy atom. The SMILES string of the molecule is Cc1ccc(OC2CC(O)CC(C(=O)O)O2)c(C(C)C)c1. The standard InChI is InChI=1S/C16H22O5/c1-9(2)12-6-10(3)4-5-13(12)20-15-8-11(17)7-14(21-15)16(18)19/h4-6,9,11,14-15,17H,7-8H2,1-3H3,(H,18,19). The minimum atomic E-state index is -1.07. The summed E-state index contributed by atoms with van der Waals surface area (Å²) in [6, 6.07) is 5.86. The highest BCUT2D eigenvalue weighted by atomic mass is 16.7. The lowest BCUT2D eigenvalue weighted by molar-refractivity contribution is -0.195. The molecule has 21 heavy (non-hydrogen) atoms. The van der Waals surface area contributed by atoms with Gasteiger partial charge in [0.1, 0.15) is 5.75 Å². The van der Waals surface area contributed by atoms with E-state index in [0.29, 0.717) is 5.75 Å². The fourth-order valence-electron chi connectivity index (χ4n) is 2.46. The summed E-state index contributed by atoms with van der Waals surface area (Å²) in [5, 5.41) is 18.8. The van der Waals surface area contributed by atoms with Crippen LogP contribution in [0.5, 0.6) is 5.75 Å². The normalized spacial score (nSPS) is 25.9. The van der Waals surface area contributed by atoms with Gasteiger partial charge in [-0.1, -0.05) is 31.5 Å². The van der Waals surface area contributed by atoms with Gasteiger partial charge in [0.15, 0.2) is 6.10 Å². The molecule has 2 N–H and O–H groups in total. The lowest BCUT2D eigenvalue weighted by Gasteiger charge is -2.31. The van der Waals surface area contributed by atoms with E-state index >= 15 is 0 Å². The Balaban J connectivity index is 2.15. The van der Waals surface area contributed by atoms with Crippen molar-refractivity contribution >= 4 is 5.97 Å². The van der Waals surface area contributed by atoms with Crippen molar-refractivity contribution < 1.29 is 24.5 Å². The van der Waals surface area contributed by atoms with E-state index in [2.05, 4.69) is 13.8 Å². The first-order valence-corrected chi connectivity index (χ1v) is 7.20. The number of aliphatic hydroxyl groups excluding tert-OH is 1. The van der Waals surface area contributed by atoms with Crippen LogP contribution in [0.2, 0.25) is 0 Å². The van der Waals surface area contributed by atoms with Crippen molar-refractivity contribution in [2.45, 2.75) is 58.0 Å². The fourth-order valence-corrected chi connectivity index (χ4v) is 2.46. The van der Waals surface area contributed by atoms with E-state index in [1.807, 2.05) is 25.1 Å². The largest absolute Gasteiger partial charge is 0.479 e. The van der Waals surface area contributed by atoms with E-state index in [-0.39, 0.29) is 18.8 Å². The first-order valence-electron chi connectivity index (χ1n) is 7.20. The molecule has 1 aliphatic heterocycles. The second kappa shape index (κ2) is 6.45. The number of carboxylic acids is 1. The molecule has 0 spiro atoms. The lowest BCUT2D eigenvalue weighted by Crippen LogP contribution is -2.42. The summed E-state index contributed by atoms with van der Waals surface area (Å²) in [5.41, 5.74) is 2.18. The van der Waals surface area contributed by atoms with Gasteiger partial charge in [0, 0.05) is 12.8 Å². The maximum absolute atomic E-state index is 11.0. The van der Waals surface area contributed by atoms with Gasteiger partial charge in [-0.15, -0.1) is 0 Å². The van der Waals surface area contributed by atoms with E-state index < -0.39 is 24.5 Å². The molecule has 5 heteroatoms. The molecular formula is C16H22O5. The van der Waals surface area contributed by atoms with Gasteiger partial charge in [-0.2, -0.15) is 0 Å². The highest BCUT2D eigenvalue weighted by Crippen LogP contribution is 2.30. The molecule has 0 saturated carbocycles. The molecule has 5 nitrogen and oxygen atoms in total. The van der Waals surface area contributed by atoms with E-state index in [9.17, 15) is 9.90 Å². The van der Waals surface area contributed by atoms with Gasteiger partial charge >= 0.3 is 5.97 Å². The molecule has 1 heterocycles. The summed E-state index contributed by atoms with van der Waals surface area (Å²) in [6.07, 6.45) is -2.12. The van der Waals surface area contributed by atoms with Gasteiger partial charge in [0.05, 0.1) is 6.10 Å². The zero-order chi connectivity index (χ0) is 15.6. The summed E-state index contributed by atoms with van der Waals surface area (Å²) >= 11 is 0. The number of aryl methyl sites for hydroxylation is 1. The molecule has 3 atom stereocenters. The minimum Gasteiger partial charge on any atom is -0.479 e. The van der Waals surface area contributed by atoms with Crippen LogP contribution in [0.1, 0.15) is 43.7 Å². The van der Waals surface area contributed by atoms with Crippen molar-refractivity contribution in [3.63, 3.8) is 0 Å². The Hall–Kier alpha value is -1.59. The number of benzene rings is 1. The number of hydrogen-bond acceptors (Lipinski definition) is 4. The summed E-state index contributed by atoms with van der Waals surface area (Å²) in [7, 11) is 0. The number of ether oxygens (including phenoxy) is 2. The van der Waals surface area contributed by atoms with Crippen LogP contribution >= 0.6 is 0 Å². The number of carbonyl (C=O) groups is 1. The van der Waals surface area contributed by atoms with Crippen LogP contribution in [0.15, 0.2) is 18.2 Å². The van der Waals surface area contributed by atoms with Crippen LogP contribution < -0.4 is 4.74 Å². The second-order valence-electron chi connectivity index (χ2n) is 5.83. The van der Waals surface area contributed by atoms with Gasteiger partial charge in [-0.25, -0.2) is 4.79 Å². The van der Waals surface area contributed by atoms with Crippen molar-refractivity contribution in [3.05, 3.63) is 29.3 Å². The predicted octanol–water partition coefficient (Wildman–Crippen LogP) is 2.45. The second-order valence-corrected chi connectivity index (χ2v) is 5.83. The lowest BCUT2D eigenvalue weighted by atomic mass is 10.00. The first kappa shape index (κ1) is 15.8. The molecule has 116 valence electrons. The fraction of sp³-hybridized carbons (Fsp3) is 0.562. The monoisotopic (exact) mass is 294 g/mol. The van der Waals surface area contributed by atoms with Crippen LogP contribution in [0.3, 0.4) is 0 Å². The first-order chi connectivity index (χ1) is 9.86. The highest BCUT2D eigenvalue weighted by molar-refractivity contribution is 5.72. The molecule has 3 unspecified atom stereocenters. The molecule has 1 fully saturated rings. The molecule has 1 aromatic carbocycles. The van der Waals surface area contributed by atoms with E-state index in [0.717, 1.165) is 11.1 Å². The van der Waals surface area contributed by atoms with E-state index in [1.165, 1.54) is 0 Å². The van der Waals surface area contributed by atoms with Gasteiger partial charge in [-0.3, -0.25) is 0 Å². The van der Waals surface area contributed by atoms with Crippen molar-refractivity contribution in [3.8, 4) is 5.75 Å². The molecule has 0 aliphatic carbocycles. The number of aliphatic hydroxyl groups is 1. The predicted molar refractivity (Wildman–Crippen MR) is 77.4 cm³/mol. The Morgan fingerprint density at radius 1 is 1.38 bits per heavy atom. The van der Waals surface area contributed by atoms with Crippen LogP contribution in [0.4, 0.5) is 0 Å². The smallest absolute Gasteiger partial charge is 0.333 e. The van der Waals surface area contributed by atoms with Crippen molar-refractivity contribution in [1.29, 1.82) is 0 Å². The molecule has 1 aliphatic rings. The zero-order valence-corrected chi connectivity index (χ0v) is 12.6. The maximum Gasteiger partial charge on any atom is 0.333 e. The quantitative estimate of drug-likeness (QED) is 0.892. The van der Waals surface area contributed by atoms with Crippen molar-refractivity contribution in [2.75, 3.05) is 0 Å². The Bertz CT molecular complexity index is 511. The molecular weight excluding hydrogens is 272 g/mol. The highest BCUT2D eigenvalue weighted by Gasteiger charge is 2.34. The van der Waals surface area contributed by atoms with Crippen LogP contribution in [-0.4, -0.2) is 34.7 Å². The van der Waals surface area contributed by atoms with Crippen LogP contribution in [0.25, 0.3) is 0 Å². The maximum atomic E-state index is 11.0. The van der Waals surface area contributed by atoms with Gasteiger partial charge in [0.25, 0.3) is 0 Å². The number of carboxylic acid groups (broad SMARTS) is 1. The van der Waals surface area contributed by atoms with E-state index in [1.54, 1.807) is 0 Å². The van der Waals surface area contributed by atoms with Gasteiger partial charge in [0.2, 0.25) is 6.29 Å². The molecule has 0 radical (unpaired) electrons. The number of hydrogen-bond donors (Lipinski definition) is 2. The van der Waals surface area contributed by atoms with Crippen molar-refractivity contribution in [1.82, 2.24) is 0 Å². The van der Waals surface area contributed by atoms with Crippen molar-refractivity contribution in [2.24, 2.45) is 0 Å². The molecule has 0 aromatic heterocycles. The molecule has 2 rings (SSSR count). The van der Waals surface area contributed by atoms with Gasteiger partial charge < -0.3 is 19.7 Å². The third kappa shape index (κ3) is 3.95. The Kier molecular flexibility index (Phi) is 4.85. The molecule has 1 aromatic rings. The van der Waals surface area contributed by atoms with E-state index in [4.69, 9.17) is 14.6 Å². The number of rotatable bonds is 4. The minimum absolute atomic E-state index is 0.0974. The molecule has 0 bridgehead atoms.